The molecule has 0 aliphatic heterocycles. The number of methoxy groups -OCH3 is 1. The van der Waals surface area contributed by atoms with Crippen molar-refractivity contribution in [1.82, 2.24) is 20.1 Å². The number of aromatic nitrogens is 3. The van der Waals surface area contributed by atoms with Crippen molar-refractivity contribution in [2.45, 2.75) is 58.8 Å². The molecule has 0 bridgehead atoms. The van der Waals surface area contributed by atoms with Gasteiger partial charge >= 0.3 is 0 Å². The molecule has 0 aliphatic carbocycles. The number of amides is 2. The molecule has 3 rings (SSSR count). The van der Waals surface area contributed by atoms with E-state index in [0.717, 1.165) is 28.1 Å². The summed E-state index contributed by atoms with van der Waals surface area (Å²) in [6.45, 7) is 10.5. The smallest absolute Gasteiger partial charge is 0.234 e. The first kappa shape index (κ1) is 26.3. The van der Waals surface area contributed by atoms with Crippen LogP contribution in [0.5, 0.6) is 5.75 Å². The zero-order valence-electron chi connectivity index (χ0n) is 21.1. The van der Waals surface area contributed by atoms with Crippen molar-refractivity contribution < 1.29 is 14.3 Å². The Morgan fingerprint density at radius 1 is 1.06 bits per heavy atom. The third-order valence-electron chi connectivity index (χ3n) is 5.62. The van der Waals surface area contributed by atoms with Crippen molar-refractivity contribution in [2.75, 3.05) is 18.2 Å². The zero-order valence-corrected chi connectivity index (χ0v) is 22.0. The number of benzene rings is 2. The summed E-state index contributed by atoms with van der Waals surface area (Å²) >= 11 is 1.33. The van der Waals surface area contributed by atoms with Crippen LogP contribution in [-0.4, -0.2) is 39.4 Å². The fourth-order valence-corrected chi connectivity index (χ4v) is 4.80. The van der Waals surface area contributed by atoms with Crippen molar-refractivity contribution in [3.63, 3.8) is 0 Å². The molecule has 2 N–H and O–H groups in total. The summed E-state index contributed by atoms with van der Waals surface area (Å²) in [5, 5.41) is 15.2. The Morgan fingerprint density at radius 2 is 1.71 bits per heavy atom. The van der Waals surface area contributed by atoms with Crippen LogP contribution in [0.3, 0.4) is 0 Å². The lowest BCUT2D eigenvalue weighted by Crippen LogP contribution is -2.30. The quantitative estimate of drug-likeness (QED) is 0.405. The second-order valence-electron chi connectivity index (χ2n) is 8.51. The third-order valence-corrected chi connectivity index (χ3v) is 6.59. The van der Waals surface area contributed by atoms with E-state index in [4.69, 9.17) is 4.74 Å². The number of rotatable bonds is 10. The van der Waals surface area contributed by atoms with Gasteiger partial charge in [0.15, 0.2) is 11.0 Å². The van der Waals surface area contributed by atoms with Crippen LogP contribution in [0.15, 0.2) is 41.6 Å². The number of hydrogen-bond acceptors (Lipinski definition) is 6. The van der Waals surface area contributed by atoms with Crippen LogP contribution in [0, 0.1) is 20.8 Å². The van der Waals surface area contributed by atoms with E-state index in [1.807, 2.05) is 63.5 Å². The monoisotopic (exact) mass is 495 g/mol. The van der Waals surface area contributed by atoms with Gasteiger partial charge in [-0.1, -0.05) is 41.6 Å². The van der Waals surface area contributed by atoms with Crippen LogP contribution in [0.1, 0.15) is 48.0 Å². The number of hydrogen-bond donors (Lipinski definition) is 2. The Morgan fingerprint density at radius 3 is 2.31 bits per heavy atom. The highest BCUT2D eigenvalue weighted by atomic mass is 32.2. The van der Waals surface area contributed by atoms with Crippen molar-refractivity contribution in [2.24, 2.45) is 0 Å². The lowest BCUT2D eigenvalue weighted by molar-refractivity contribution is -0.121. The van der Waals surface area contributed by atoms with E-state index in [1.165, 1.54) is 17.3 Å². The van der Waals surface area contributed by atoms with Gasteiger partial charge in [0, 0.05) is 12.2 Å². The molecule has 2 amide bonds. The van der Waals surface area contributed by atoms with Crippen molar-refractivity contribution in [3.8, 4) is 5.75 Å². The summed E-state index contributed by atoms with van der Waals surface area (Å²) < 4.78 is 7.09. The van der Waals surface area contributed by atoms with E-state index in [-0.39, 0.29) is 30.0 Å². The number of aryl methyl sites for hydroxylation is 3. The van der Waals surface area contributed by atoms with Crippen molar-refractivity contribution in [3.05, 3.63) is 64.5 Å². The molecule has 35 heavy (non-hydrogen) atoms. The molecule has 9 heteroatoms. The van der Waals surface area contributed by atoms with Gasteiger partial charge in [-0.2, -0.15) is 0 Å². The van der Waals surface area contributed by atoms with Crippen LogP contribution in [0.4, 0.5) is 5.69 Å². The Bertz CT molecular complexity index is 1170. The van der Waals surface area contributed by atoms with E-state index in [9.17, 15) is 9.59 Å². The molecule has 1 heterocycles. The topological polar surface area (TPSA) is 98.1 Å². The molecule has 0 spiro atoms. The van der Waals surface area contributed by atoms with Gasteiger partial charge in [-0.3, -0.25) is 9.59 Å². The zero-order chi connectivity index (χ0) is 25.5. The van der Waals surface area contributed by atoms with Gasteiger partial charge in [0.25, 0.3) is 0 Å². The minimum Gasteiger partial charge on any atom is -0.497 e. The van der Waals surface area contributed by atoms with Crippen LogP contribution in [0.25, 0.3) is 0 Å². The van der Waals surface area contributed by atoms with Gasteiger partial charge in [-0.05, 0) is 63.4 Å². The van der Waals surface area contributed by atoms with E-state index in [1.54, 1.807) is 7.11 Å². The third kappa shape index (κ3) is 6.85. The van der Waals surface area contributed by atoms with Gasteiger partial charge in [0.2, 0.25) is 11.8 Å². The first-order valence-electron chi connectivity index (χ1n) is 11.6. The number of ether oxygens (including phenoxy) is 1. The predicted octanol–water partition coefficient (Wildman–Crippen LogP) is 4.38. The number of nitrogens with zero attached hydrogens (tertiary/aromatic N) is 3. The molecule has 8 nitrogen and oxygen atoms in total. The Labute approximate surface area is 210 Å². The summed E-state index contributed by atoms with van der Waals surface area (Å²) in [5.41, 5.74) is 5.00. The summed E-state index contributed by atoms with van der Waals surface area (Å²) in [6, 6.07) is 11.2. The molecule has 186 valence electrons. The largest absolute Gasteiger partial charge is 0.497 e. The lowest BCUT2D eigenvalue weighted by Gasteiger charge is -2.15. The number of thioether (sulfide) groups is 1. The molecule has 0 saturated heterocycles. The average molecular weight is 496 g/mol. The molecule has 0 radical (unpaired) electrons. The fraction of sp³-hybridized carbons (Fsp3) is 0.385. The summed E-state index contributed by atoms with van der Waals surface area (Å²) in [5.74, 6) is 1.41. The SMILES string of the molecule is CCn1c(SCC(=O)Nc2c(C)cc(C)cc2C)nnc1[C@@H](C)NC(=O)Cc1ccc(OC)cc1. The highest BCUT2D eigenvalue weighted by Crippen LogP contribution is 2.24. The molecule has 0 aliphatic rings. The van der Waals surface area contributed by atoms with E-state index < -0.39 is 0 Å². The standard InChI is InChI=1S/C26H33N5O3S/c1-7-31-25(19(5)27-22(32)14-20-8-10-21(34-6)11-9-20)29-30-26(31)35-15-23(33)28-24-17(3)12-16(2)13-18(24)4/h8-13,19H,7,14-15H2,1-6H3,(H,27,32)(H,28,33)/t19-/m1/s1. The highest BCUT2D eigenvalue weighted by molar-refractivity contribution is 7.99. The number of carbonyl (C=O) groups excluding carboxylic acids is 2. The molecule has 0 unspecified atom stereocenters. The normalized spacial score (nSPS) is 11.7. The van der Waals surface area contributed by atoms with Crippen LogP contribution in [0.2, 0.25) is 0 Å². The molecule has 2 aromatic carbocycles. The second kappa shape index (κ2) is 11.9. The first-order valence-corrected chi connectivity index (χ1v) is 12.6. The number of carbonyl (C=O) groups is 2. The molecule has 1 aromatic heterocycles. The van der Waals surface area contributed by atoms with Crippen LogP contribution >= 0.6 is 11.8 Å². The van der Waals surface area contributed by atoms with Gasteiger partial charge in [-0.15, -0.1) is 10.2 Å². The fourth-order valence-electron chi connectivity index (χ4n) is 3.99. The van der Waals surface area contributed by atoms with Crippen LogP contribution < -0.4 is 15.4 Å². The summed E-state index contributed by atoms with van der Waals surface area (Å²) in [7, 11) is 1.61. The lowest BCUT2D eigenvalue weighted by atomic mass is 10.1. The van der Waals surface area contributed by atoms with Gasteiger partial charge in [0.1, 0.15) is 5.75 Å². The number of anilines is 1. The minimum atomic E-state index is -0.325. The Balaban J connectivity index is 1.59. The predicted molar refractivity (Wildman–Crippen MR) is 139 cm³/mol. The molecule has 1 atom stereocenters. The van der Waals surface area contributed by atoms with Crippen LogP contribution in [-0.2, 0) is 22.6 Å². The van der Waals surface area contributed by atoms with Crippen molar-refractivity contribution >= 4 is 29.3 Å². The number of nitrogens with one attached hydrogen (secondary N) is 2. The molecular weight excluding hydrogens is 462 g/mol. The molecule has 3 aromatic rings. The first-order chi connectivity index (χ1) is 16.7. The average Bonchev–Trinajstić information content (AvgIpc) is 3.23. The van der Waals surface area contributed by atoms with Crippen molar-refractivity contribution in [1.29, 1.82) is 0 Å². The van der Waals surface area contributed by atoms with E-state index >= 15 is 0 Å². The maximum atomic E-state index is 12.6. The summed E-state index contributed by atoms with van der Waals surface area (Å²) in [6.07, 6.45) is 0.258. The second-order valence-corrected chi connectivity index (χ2v) is 9.45. The van der Waals surface area contributed by atoms with Gasteiger partial charge < -0.3 is 19.9 Å². The molecular formula is C26H33N5O3S. The minimum absolute atomic E-state index is 0.0990. The Kier molecular flexibility index (Phi) is 8.92. The van der Waals surface area contributed by atoms with E-state index in [2.05, 4.69) is 33.0 Å². The Hall–Kier alpha value is -3.33. The van der Waals surface area contributed by atoms with Gasteiger partial charge in [0.05, 0.1) is 25.3 Å². The maximum Gasteiger partial charge on any atom is 0.234 e. The van der Waals surface area contributed by atoms with E-state index in [0.29, 0.717) is 17.5 Å². The molecule has 0 saturated carbocycles. The summed E-state index contributed by atoms with van der Waals surface area (Å²) in [4.78, 5) is 25.2. The van der Waals surface area contributed by atoms with Gasteiger partial charge in [-0.25, -0.2) is 0 Å². The maximum absolute atomic E-state index is 12.6. The highest BCUT2D eigenvalue weighted by Gasteiger charge is 2.20. The molecule has 0 fully saturated rings.